The molecule has 2 aliphatic rings. The molecule has 84 heavy (non-hydrogen) atoms. The third kappa shape index (κ3) is 13.7. The van der Waals surface area contributed by atoms with Gasteiger partial charge in [-0.05, 0) is 98.1 Å². The van der Waals surface area contributed by atoms with Gasteiger partial charge in [0, 0.05) is 58.2 Å². The summed E-state index contributed by atoms with van der Waals surface area (Å²) in [5.41, 5.74) is 6.89. The zero-order chi connectivity index (χ0) is 60.0. The maximum Gasteiger partial charge on any atom is 0.251 e. The van der Waals surface area contributed by atoms with Crippen LogP contribution in [0.2, 0.25) is 0 Å². The van der Waals surface area contributed by atoms with E-state index in [9.17, 15) is 28.8 Å². The molecule has 0 spiro atoms. The number of aromatic nitrogens is 2. The van der Waals surface area contributed by atoms with E-state index in [1.807, 2.05) is 125 Å². The second-order valence-corrected chi connectivity index (χ2v) is 25.8. The molecule has 16 nitrogen and oxygen atoms in total. The summed E-state index contributed by atoms with van der Waals surface area (Å²) in [6, 6.07) is 37.9. The van der Waals surface area contributed by atoms with Crippen molar-refractivity contribution >= 4 is 58.1 Å². The average molecular weight is 1170 g/mol. The first kappa shape index (κ1) is 60.7. The molecule has 0 unspecified atom stereocenters. The summed E-state index contributed by atoms with van der Waals surface area (Å²) in [6.07, 6.45) is 0.734. The Labute approximate surface area is 500 Å². The largest absolute Gasteiger partial charge is 0.347 e. The van der Waals surface area contributed by atoms with Gasteiger partial charge in [-0.25, -0.2) is 9.97 Å². The lowest BCUT2D eigenvalue weighted by Gasteiger charge is -2.36. The minimum atomic E-state index is -0.887. The van der Waals surface area contributed by atoms with E-state index >= 15 is 0 Å². The predicted molar refractivity (Wildman–Crippen MR) is 333 cm³/mol. The number of likely N-dealkylation sites (tertiary alicyclic amines) is 2. The number of amides is 6. The van der Waals surface area contributed by atoms with Gasteiger partial charge in [0.1, 0.15) is 22.1 Å². The smallest absolute Gasteiger partial charge is 0.251 e. The van der Waals surface area contributed by atoms with Gasteiger partial charge >= 0.3 is 0 Å². The van der Waals surface area contributed by atoms with Crippen molar-refractivity contribution in [3.8, 4) is 44.8 Å². The van der Waals surface area contributed by atoms with Crippen LogP contribution < -0.4 is 31.9 Å². The zero-order valence-corrected chi connectivity index (χ0v) is 51.0. The quantitative estimate of drug-likeness (QED) is 0.0480. The molecule has 8 atom stereocenters. The summed E-state index contributed by atoms with van der Waals surface area (Å²) >= 11 is 2.91. The molecule has 9 rings (SSSR count). The highest BCUT2D eigenvalue weighted by Gasteiger charge is 2.46. The van der Waals surface area contributed by atoms with E-state index in [0.717, 1.165) is 44.8 Å². The molecule has 0 saturated carbocycles. The number of rotatable bonds is 18. The maximum absolute atomic E-state index is 14.9. The van der Waals surface area contributed by atoms with E-state index < -0.39 is 59.2 Å². The Morgan fingerprint density at radius 1 is 0.488 bits per heavy atom. The molecule has 6 N–H and O–H groups in total. The lowest BCUT2D eigenvalue weighted by Crippen LogP contribution is -2.57. The summed E-state index contributed by atoms with van der Waals surface area (Å²) in [4.78, 5) is 98.9. The van der Waals surface area contributed by atoms with Crippen LogP contribution in [-0.2, 0) is 19.2 Å². The summed E-state index contributed by atoms with van der Waals surface area (Å²) in [5, 5.41) is 23.7. The van der Waals surface area contributed by atoms with Crippen LogP contribution in [0.15, 0.2) is 144 Å². The monoisotopic (exact) mass is 1170 g/mol. The molecule has 0 bridgehead atoms. The zero-order valence-electron chi connectivity index (χ0n) is 49.4. The van der Waals surface area contributed by atoms with Crippen LogP contribution in [-0.4, -0.2) is 119 Å². The number of hydrogen-bond donors (Lipinski definition) is 6. The van der Waals surface area contributed by atoms with Crippen molar-refractivity contribution in [1.29, 1.82) is 0 Å². The molecular formula is C66H76N10O6S2. The van der Waals surface area contributed by atoms with Crippen molar-refractivity contribution in [1.82, 2.24) is 51.7 Å². The van der Waals surface area contributed by atoms with E-state index in [0.29, 0.717) is 34.0 Å². The second-order valence-electron chi connectivity index (χ2n) is 24.0. The van der Waals surface area contributed by atoms with Crippen LogP contribution in [0.3, 0.4) is 0 Å². The summed E-state index contributed by atoms with van der Waals surface area (Å²) in [5.74, 6) is -1.93. The predicted octanol–water partition coefficient (Wildman–Crippen LogP) is 9.69. The lowest BCUT2D eigenvalue weighted by atomic mass is 9.85. The van der Waals surface area contributed by atoms with Gasteiger partial charge in [-0.3, -0.25) is 28.8 Å². The number of nitrogens with zero attached hydrogens (tertiary/aromatic N) is 4. The number of hydrogen-bond acceptors (Lipinski definition) is 12. The molecule has 2 aliphatic heterocycles. The Hall–Kier alpha value is -7.90. The van der Waals surface area contributed by atoms with Crippen molar-refractivity contribution in [3.05, 3.63) is 165 Å². The van der Waals surface area contributed by atoms with Crippen molar-refractivity contribution in [2.24, 2.45) is 10.8 Å². The van der Waals surface area contributed by atoms with Crippen LogP contribution in [0.1, 0.15) is 111 Å². The van der Waals surface area contributed by atoms with E-state index in [-0.39, 0.29) is 48.5 Å². The number of thiazole rings is 2. The van der Waals surface area contributed by atoms with Gasteiger partial charge in [0.2, 0.25) is 23.6 Å². The molecule has 6 amide bonds. The van der Waals surface area contributed by atoms with Gasteiger partial charge in [0.15, 0.2) is 0 Å². The van der Waals surface area contributed by atoms with Gasteiger partial charge in [0.25, 0.3) is 11.8 Å². The first-order chi connectivity index (χ1) is 40.1. The maximum atomic E-state index is 14.9. The number of carbonyl (C=O) groups excluding carboxylic acids is 6. The highest BCUT2D eigenvalue weighted by molar-refractivity contribution is 7.10. The topological polar surface area (TPSA) is 207 Å². The third-order valence-electron chi connectivity index (χ3n) is 15.9. The first-order valence-electron chi connectivity index (χ1n) is 28.6. The van der Waals surface area contributed by atoms with Crippen LogP contribution in [0, 0.1) is 10.8 Å². The number of carbonyl (C=O) groups is 6. The van der Waals surface area contributed by atoms with E-state index in [4.69, 9.17) is 9.97 Å². The van der Waals surface area contributed by atoms with E-state index in [1.54, 1.807) is 62.0 Å². The highest BCUT2D eigenvalue weighted by atomic mass is 32.1. The Balaban J connectivity index is 0.934. The molecule has 2 aromatic heterocycles. The fourth-order valence-electron chi connectivity index (χ4n) is 10.9. The molecule has 5 aromatic carbocycles. The molecule has 2 saturated heterocycles. The van der Waals surface area contributed by atoms with Gasteiger partial charge in [-0.15, -0.1) is 22.7 Å². The first-order valence-corrected chi connectivity index (χ1v) is 30.4. The molecule has 0 aliphatic carbocycles. The summed E-state index contributed by atoms with van der Waals surface area (Å²) < 4.78 is 0. The molecular weight excluding hydrogens is 1090 g/mol. The van der Waals surface area contributed by atoms with Crippen LogP contribution in [0.4, 0.5) is 0 Å². The SMILES string of the molecule is CN[C@@H](C)C(=O)N[C@H](C(=O)N1C[C@@H](NC(=O)c2ccc(C(=O)N[C@H]3C[C@@H](c4nc(-c5ccccc5-c5ccccc5)cs4)N(C(=O)[C@@H](NC(=O)[C@H](C)NC)C(C)(C)C)C3)cc2)C[C@H]1c1nc(-c2ccccc2-c2ccccc2)cs1)C(C)(C)C. The lowest BCUT2D eigenvalue weighted by molar-refractivity contribution is -0.140. The van der Waals surface area contributed by atoms with Gasteiger partial charge in [-0.1, -0.05) is 151 Å². The number of likely N-dealkylation sites (N-methyl/N-ethyl adjacent to an activating group) is 2. The van der Waals surface area contributed by atoms with Crippen LogP contribution in [0.5, 0.6) is 0 Å². The van der Waals surface area contributed by atoms with Gasteiger partial charge in [-0.2, -0.15) is 0 Å². The van der Waals surface area contributed by atoms with Crippen molar-refractivity contribution in [2.75, 3.05) is 27.2 Å². The molecule has 7 aromatic rings. The normalized spacial score (nSPS) is 18.5. The molecule has 0 radical (unpaired) electrons. The average Bonchev–Trinajstić information content (AvgIpc) is 2.24. The Kier molecular flexibility index (Phi) is 18.7. The molecule has 18 heteroatoms. The summed E-state index contributed by atoms with van der Waals surface area (Å²) in [6.45, 7) is 15.3. The van der Waals surface area contributed by atoms with Gasteiger partial charge < -0.3 is 41.7 Å². The minimum absolute atomic E-state index is 0.165. The minimum Gasteiger partial charge on any atom is -0.347 e. The second kappa shape index (κ2) is 25.9. The Morgan fingerprint density at radius 2 is 0.821 bits per heavy atom. The number of benzene rings is 5. The Morgan fingerprint density at radius 3 is 1.15 bits per heavy atom. The Bertz CT molecular complexity index is 3260. The van der Waals surface area contributed by atoms with E-state index in [2.05, 4.69) is 68.3 Å². The van der Waals surface area contributed by atoms with Crippen molar-refractivity contribution in [2.45, 2.75) is 117 Å². The fourth-order valence-corrected chi connectivity index (χ4v) is 12.7. The van der Waals surface area contributed by atoms with Gasteiger partial charge in [0.05, 0.1) is 35.6 Å². The van der Waals surface area contributed by atoms with E-state index in [1.165, 1.54) is 22.7 Å². The highest BCUT2D eigenvalue weighted by Crippen LogP contribution is 2.42. The number of nitrogens with one attached hydrogen (secondary N) is 6. The fraction of sp³-hybridized carbons (Fsp3) is 0.364. The van der Waals surface area contributed by atoms with Crippen LogP contribution in [0.25, 0.3) is 44.8 Å². The van der Waals surface area contributed by atoms with Crippen molar-refractivity contribution < 1.29 is 28.8 Å². The molecule has 438 valence electrons. The summed E-state index contributed by atoms with van der Waals surface area (Å²) in [7, 11) is 3.38. The molecule has 4 heterocycles. The third-order valence-corrected chi connectivity index (χ3v) is 17.8. The van der Waals surface area contributed by atoms with Crippen LogP contribution >= 0.6 is 22.7 Å². The molecule has 2 fully saturated rings. The standard InChI is InChI=1S/C66H76N10O6S2/c1-39(67-9)57(77)73-55(65(3,4)5)63(81)75-35-45(33-53(75)61-71-51(37-83-61)49-27-19-17-25-47(49)41-21-13-11-14-22-41)69-59(79)43-29-31-44(32-30-43)60(80)70-46-34-54(76(36-46)64(82)56(66(6,7)8)74-58(78)40(2)68-10)62-72-52(38-84-62)50-28-20-18-26-48(50)42-23-15-12-16-24-42/h11-32,37-40,45-46,53-56,67-68H,33-36H2,1-10H3,(H,69,79)(H,70,80)(H,73,77)(H,74,78)/t39-,40-,45-,46-,53-,54-,55+,56+/m0/s1. The van der Waals surface area contributed by atoms with Crippen molar-refractivity contribution in [3.63, 3.8) is 0 Å².